The molecule has 1 unspecified atom stereocenters. The summed E-state index contributed by atoms with van der Waals surface area (Å²) >= 11 is 0. The number of urea groups is 1. The van der Waals surface area contributed by atoms with E-state index in [-0.39, 0.29) is 24.0 Å². The predicted molar refractivity (Wildman–Crippen MR) is 107 cm³/mol. The first-order valence-corrected chi connectivity index (χ1v) is 10.9. The molecule has 2 fully saturated rings. The van der Waals surface area contributed by atoms with Crippen LogP contribution in [0.1, 0.15) is 55.7 Å². The lowest BCUT2D eigenvalue weighted by Gasteiger charge is -2.34. The van der Waals surface area contributed by atoms with E-state index < -0.39 is 0 Å². The summed E-state index contributed by atoms with van der Waals surface area (Å²) < 4.78 is 19.5. The van der Waals surface area contributed by atoms with E-state index in [1.807, 2.05) is 11.0 Å². The van der Waals surface area contributed by atoms with Crippen molar-refractivity contribution in [2.24, 2.45) is 0 Å². The molecule has 1 aliphatic carbocycles. The Morgan fingerprint density at radius 2 is 1.89 bits per heavy atom. The van der Waals surface area contributed by atoms with Crippen LogP contribution in [0, 0.1) is 5.82 Å². The van der Waals surface area contributed by atoms with Crippen molar-refractivity contribution in [3.8, 4) is 0 Å². The number of fused-ring (bicyclic) bond motifs is 1. The van der Waals surface area contributed by atoms with Crippen LogP contribution in [-0.4, -0.2) is 61.3 Å². The Bertz CT molecular complexity index is 670. The average Bonchev–Trinajstić information content (AvgIpc) is 3.22. The SMILES string of the molecule is O=C(NC1CCCc2cc(F)ccc21)N1CCC(OCCN2CCCC2)CC1. The third-order valence-corrected chi connectivity index (χ3v) is 6.41. The van der Waals surface area contributed by atoms with Crippen LogP contribution in [0.3, 0.4) is 0 Å². The molecule has 0 radical (unpaired) electrons. The number of carbonyl (C=O) groups excluding carboxylic acids is 1. The van der Waals surface area contributed by atoms with Crippen molar-refractivity contribution in [3.63, 3.8) is 0 Å². The smallest absolute Gasteiger partial charge is 0.317 e. The molecule has 28 heavy (non-hydrogen) atoms. The number of nitrogens with zero attached hydrogens (tertiary/aromatic N) is 2. The summed E-state index contributed by atoms with van der Waals surface area (Å²) in [6, 6.07) is 4.92. The minimum Gasteiger partial charge on any atom is -0.377 e. The average molecular weight is 390 g/mol. The van der Waals surface area contributed by atoms with Crippen LogP contribution in [0.25, 0.3) is 0 Å². The van der Waals surface area contributed by atoms with Gasteiger partial charge in [0, 0.05) is 19.6 Å². The molecule has 2 heterocycles. The maximum atomic E-state index is 13.5. The fourth-order valence-corrected chi connectivity index (χ4v) is 4.75. The summed E-state index contributed by atoms with van der Waals surface area (Å²) in [7, 11) is 0. The van der Waals surface area contributed by atoms with Gasteiger partial charge in [-0.2, -0.15) is 0 Å². The highest BCUT2D eigenvalue weighted by Gasteiger charge is 2.27. The standard InChI is InChI=1S/C22H32FN3O2/c23-18-6-7-20-17(16-18)4-3-5-21(20)24-22(27)26-12-8-19(9-13-26)28-15-14-25-10-1-2-11-25/h6-7,16,19,21H,1-5,8-15H2,(H,24,27). The van der Waals surface area contributed by atoms with E-state index in [2.05, 4.69) is 10.2 Å². The van der Waals surface area contributed by atoms with E-state index in [1.165, 1.54) is 32.0 Å². The highest BCUT2D eigenvalue weighted by atomic mass is 19.1. The summed E-state index contributed by atoms with van der Waals surface area (Å²) in [6.07, 6.45) is 7.49. The summed E-state index contributed by atoms with van der Waals surface area (Å²) in [6.45, 7) is 5.72. The fourth-order valence-electron chi connectivity index (χ4n) is 4.75. The van der Waals surface area contributed by atoms with Crippen molar-refractivity contribution in [2.45, 2.75) is 57.1 Å². The molecule has 2 aliphatic heterocycles. The van der Waals surface area contributed by atoms with Gasteiger partial charge >= 0.3 is 6.03 Å². The minimum absolute atomic E-state index is 0.00214. The van der Waals surface area contributed by atoms with Gasteiger partial charge in [0.15, 0.2) is 0 Å². The molecule has 5 nitrogen and oxygen atoms in total. The molecular weight excluding hydrogens is 357 g/mol. The zero-order valence-electron chi connectivity index (χ0n) is 16.7. The number of aryl methyl sites for hydroxylation is 1. The third-order valence-electron chi connectivity index (χ3n) is 6.41. The quantitative estimate of drug-likeness (QED) is 0.838. The zero-order valence-corrected chi connectivity index (χ0v) is 16.7. The molecule has 1 N–H and O–H groups in total. The highest BCUT2D eigenvalue weighted by Crippen LogP contribution is 2.30. The van der Waals surface area contributed by atoms with Crippen LogP contribution >= 0.6 is 0 Å². The normalized spacial score (nSPS) is 23.6. The first kappa shape index (κ1) is 19.6. The van der Waals surface area contributed by atoms with Crippen molar-refractivity contribution in [3.05, 3.63) is 35.1 Å². The lowest BCUT2D eigenvalue weighted by atomic mass is 9.87. The molecule has 0 bridgehead atoms. The van der Waals surface area contributed by atoms with Gasteiger partial charge in [0.2, 0.25) is 0 Å². The van der Waals surface area contributed by atoms with Gasteiger partial charge in [-0.3, -0.25) is 0 Å². The van der Waals surface area contributed by atoms with Gasteiger partial charge < -0.3 is 19.9 Å². The lowest BCUT2D eigenvalue weighted by Crippen LogP contribution is -2.47. The van der Waals surface area contributed by atoms with Crippen LogP contribution in [0.15, 0.2) is 18.2 Å². The second-order valence-corrected chi connectivity index (χ2v) is 8.34. The fraction of sp³-hybridized carbons (Fsp3) is 0.682. The molecule has 3 aliphatic rings. The number of ether oxygens (including phenoxy) is 1. The van der Waals surface area contributed by atoms with E-state index >= 15 is 0 Å². The van der Waals surface area contributed by atoms with Crippen molar-refractivity contribution >= 4 is 6.03 Å². The number of likely N-dealkylation sites (tertiary alicyclic amines) is 2. The molecule has 0 spiro atoms. The molecule has 1 aromatic rings. The summed E-state index contributed by atoms with van der Waals surface area (Å²) in [5.41, 5.74) is 2.10. The van der Waals surface area contributed by atoms with Crippen LogP contribution in [0.4, 0.5) is 9.18 Å². The number of hydrogen-bond acceptors (Lipinski definition) is 3. The van der Waals surface area contributed by atoms with E-state index in [1.54, 1.807) is 6.07 Å². The Morgan fingerprint density at radius 3 is 2.68 bits per heavy atom. The van der Waals surface area contributed by atoms with Crippen LogP contribution in [0.2, 0.25) is 0 Å². The topological polar surface area (TPSA) is 44.8 Å². The number of halogens is 1. The van der Waals surface area contributed by atoms with Crippen molar-refractivity contribution in [2.75, 3.05) is 39.3 Å². The molecule has 6 heteroatoms. The van der Waals surface area contributed by atoms with Gasteiger partial charge in [-0.25, -0.2) is 9.18 Å². The number of hydrogen-bond donors (Lipinski definition) is 1. The molecule has 0 aromatic heterocycles. The van der Waals surface area contributed by atoms with Crippen LogP contribution in [-0.2, 0) is 11.2 Å². The number of amides is 2. The molecule has 2 saturated heterocycles. The van der Waals surface area contributed by atoms with Gasteiger partial charge in [0.25, 0.3) is 0 Å². The van der Waals surface area contributed by atoms with Crippen molar-refractivity contribution in [1.82, 2.24) is 15.1 Å². The summed E-state index contributed by atoms with van der Waals surface area (Å²) in [4.78, 5) is 17.1. The first-order valence-electron chi connectivity index (χ1n) is 10.9. The van der Waals surface area contributed by atoms with Crippen LogP contribution in [0.5, 0.6) is 0 Å². The second kappa shape index (κ2) is 9.23. The van der Waals surface area contributed by atoms with Crippen molar-refractivity contribution in [1.29, 1.82) is 0 Å². The predicted octanol–water partition coefficient (Wildman–Crippen LogP) is 3.49. The van der Waals surface area contributed by atoms with Gasteiger partial charge in [-0.15, -0.1) is 0 Å². The first-order chi connectivity index (χ1) is 13.7. The highest BCUT2D eigenvalue weighted by molar-refractivity contribution is 5.75. The minimum atomic E-state index is -0.197. The molecule has 4 rings (SSSR count). The number of nitrogens with one attached hydrogen (secondary N) is 1. The molecule has 154 valence electrons. The molecular formula is C22H32FN3O2. The number of rotatable bonds is 5. The van der Waals surface area contributed by atoms with Gasteiger partial charge in [-0.05, 0) is 81.3 Å². The lowest BCUT2D eigenvalue weighted by molar-refractivity contribution is 0.00675. The summed E-state index contributed by atoms with van der Waals surface area (Å²) in [5, 5.41) is 3.18. The maximum absolute atomic E-state index is 13.5. The Balaban J connectivity index is 1.21. The van der Waals surface area contributed by atoms with Gasteiger partial charge in [0.05, 0.1) is 18.8 Å². The molecule has 1 aromatic carbocycles. The number of piperidine rings is 1. The molecule has 1 atom stereocenters. The van der Waals surface area contributed by atoms with Gasteiger partial charge in [-0.1, -0.05) is 6.07 Å². The second-order valence-electron chi connectivity index (χ2n) is 8.34. The molecule has 2 amide bonds. The Morgan fingerprint density at radius 1 is 1.11 bits per heavy atom. The van der Waals surface area contributed by atoms with E-state index in [4.69, 9.17) is 4.74 Å². The Kier molecular flexibility index (Phi) is 6.47. The largest absolute Gasteiger partial charge is 0.377 e. The third kappa shape index (κ3) is 4.84. The number of benzene rings is 1. The zero-order chi connectivity index (χ0) is 19.3. The monoisotopic (exact) mass is 389 g/mol. The summed E-state index contributed by atoms with van der Waals surface area (Å²) in [5.74, 6) is -0.197. The van der Waals surface area contributed by atoms with E-state index in [0.29, 0.717) is 0 Å². The van der Waals surface area contributed by atoms with Crippen LogP contribution < -0.4 is 5.32 Å². The van der Waals surface area contributed by atoms with E-state index in [9.17, 15) is 9.18 Å². The Labute approximate surface area is 167 Å². The van der Waals surface area contributed by atoms with Crippen molar-refractivity contribution < 1.29 is 13.9 Å². The Hall–Kier alpha value is -1.66. The number of carbonyl (C=O) groups is 1. The van der Waals surface area contributed by atoms with Gasteiger partial charge in [0.1, 0.15) is 5.82 Å². The molecule has 0 saturated carbocycles. The maximum Gasteiger partial charge on any atom is 0.317 e. The van der Waals surface area contributed by atoms with E-state index in [0.717, 1.165) is 69.5 Å².